The van der Waals surface area contributed by atoms with E-state index in [1.165, 1.54) is 6.07 Å². The van der Waals surface area contributed by atoms with Crippen molar-refractivity contribution in [1.82, 2.24) is 5.32 Å². The van der Waals surface area contributed by atoms with Gasteiger partial charge in [-0.2, -0.15) is 0 Å². The van der Waals surface area contributed by atoms with Gasteiger partial charge in [0.05, 0.1) is 0 Å². The maximum absolute atomic E-state index is 13.0. The molecule has 1 saturated heterocycles. The van der Waals surface area contributed by atoms with E-state index < -0.39 is 0 Å². The minimum absolute atomic E-state index is 0.0200. The SMILES string of the molecule is Cc1cc(F)ccc1CC1(CO)CCNCC1. The zero-order valence-corrected chi connectivity index (χ0v) is 10.3. The van der Waals surface area contributed by atoms with Crippen molar-refractivity contribution in [3.63, 3.8) is 0 Å². The van der Waals surface area contributed by atoms with Crippen LogP contribution >= 0.6 is 0 Å². The maximum atomic E-state index is 13.0. The van der Waals surface area contributed by atoms with Crippen molar-refractivity contribution in [3.8, 4) is 0 Å². The molecule has 17 heavy (non-hydrogen) atoms. The molecule has 1 fully saturated rings. The number of aliphatic hydroxyl groups excluding tert-OH is 1. The quantitative estimate of drug-likeness (QED) is 0.843. The Morgan fingerprint density at radius 3 is 2.65 bits per heavy atom. The summed E-state index contributed by atoms with van der Waals surface area (Å²) in [5.74, 6) is -0.186. The fourth-order valence-corrected chi connectivity index (χ4v) is 2.61. The summed E-state index contributed by atoms with van der Waals surface area (Å²) in [5.41, 5.74) is 2.12. The highest BCUT2D eigenvalue weighted by molar-refractivity contribution is 5.27. The third-order valence-corrected chi connectivity index (χ3v) is 3.87. The zero-order valence-electron chi connectivity index (χ0n) is 10.3. The summed E-state index contributed by atoms with van der Waals surface area (Å²) in [5, 5.41) is 13.0. The molecule has 1 aliphatic rings. The maximum Gasteiger partial charge on any atom is 0.123 e. The number of piperidine rings is 1. The summed E-state index contributed by atoms with van der Waals surface area (Å²) in [6, 6.07) is 4.93. The summed E-state index contributed by atoms with van der Waals surface area (Å²) in [6.07, 6.45) is 2.82. The number of hydrogen-bond acceptors (Lipinski definition) is 2. The lowest BCUT2D eigenvalue weighted by atomic mass is 9.74. The summed E-state index contributed by atoms with van der Waals surface area (Å²) >= 11 is 0. The first kappa shape index (κ1) is 12.5. The monoisotopic (exact) mass is 237 g/mol. The molecule has 1 heterocycles. The van der Waals surface area contributed by atoms with Gasteiger partial charge in [0, 0.05) is 6.61 Å². The lowest BCUT2D eigenvalue weighted by Crippen LogP contribution is -2.40. The van der Waals surface area contributed by atoms with Crippen LogP contribution in [0.15, 0.2) is 18.2 Å². The lowest BCUT2D eigenvalue weighted by Gasteiger charge is -2.36. The second kappa shape index (κ2) is 5.15. The van der Waals surface area contributed by atoms with Crippen molar-refractivity contribution in [2.24, 2.45) is 5.41 Å². The van der Waals surface area contributed by atoms with E-state index >= 15 is 0 Å². The predicted octanol–water partition coefficient (Wildman–Crippen LogP) is 2.04. The number of aryl methyl sites for hydroxylation is 1. The minimum Gasteiger partial charge on any atom is -0.396 e. The second-order valence-corrected chi connectivity index (χ2v) is 5.16. The molecule has 0 spiro atoms. The first-order chi connectivity index (χ1) is 8.15. The van der Waals surface area contributed by atoms with E-state index in [1.54, 1.807) is 6.07 Å². The van der Waals surface area contributed by atoms with Crippen molar-refractivity contribution in [3.05, 3.63) is 35.1 Å². The van der Waals surface area contributed by atoms with Gasteiger partial charge in [-0.3, -0.25) is 0 Å². The van der Waals surface area contributed by atoms with Crippen LogP contribution in [0.2, 0.25) is 0 Å². The van der Waals surface area contributed by atoms with Crippen LogP contribution < -0.4 is 5.32 Å². The van der Waals surface area contributed by atoms with Crippen molar-refractivity contribution >= 4 is 0 Å². The highest BCUT2D eigenvalue weighted by Crippen LogP contribution is 2.33. The van der Waals surface area contributed by atoms with Crippen LogP contribution in [0.4, 0.5) is 4.39 Å². The third kappa shape index (κ3) is 2.85. The van der Waals surface area contributed by atoms with Gasteiger partial charge in [-0.25, -0.2) is 4.39 Å². The standard InChI is InChI=1S/C14H20FNO/c1-11-8-13(15)3-2-12(11)9-14(10-17)4-6-16-7-5-14/h2-3,8,16-17H,4-7,9-10H2,1H3. The Balaban J connectivity index is 2.17. The molecule has 1 aromatic carbocycles. The van der Waals surface area contributed by atoms with Crippen molar-refractivity contribution < 1.29 is 9.50 Å². The highest BCUT2D eigenvalue weighted by Gasteiger charge is 2.31. The molecule has 2 rings (SSSR count). The largest absolute Gasteiger partial charge is 0.396 e. The van der Waals surface area contributed by atoms with Gasteiger partial charge in [0.2, 0.25) is 0 Å². The van der Waals surface area contributed by atoms with Crippen LogP contribution in [0.25, 0.3) is 0 Å². The summed E-state index contributed by atoms with van der Waals surface area (Å²) in [4.78, 5) is 0. The van der Waals surface area contributed by atoms with Crippen molar-refractivity contribution in [1.29, 1.82) is 0 Å². The van der Waals surface area contributed by atoms with Gasteiger partial charge < -0.3 is 10.4 Å². The summed E-state index contributed by atoms with van der Waals surface area (Å²) < 4.78 is 13.0. The topological polar surface area (TPSA) is 32.3 Å². The molecule has 0 saturated carbocycles. The molecule has 2 N–H and O–H groups in total. The van der Waals surface area contributed by atoms with Crippen LogP contribution in [0.3, 0.4) is 0 Å². The van der Waals surface area contributed by atoms with Gasteiger partial charge in [-0.05, 0) is 68.0 Å². The molecule has 0 amide bonds. The van der Waals surface area contributed by atoms with E-state index in [9.17, 15) is 9.50 Å². The van der Waals surface area contributed by atoms with E-state index in [0.717, 1.165) is 43.5 Å². The van der Waals surface area contributed by atoms with Crippen LogP contribution in [0.5, 0.6) is 0 Å². The van der Waals surface area contributed by atoms with Gasteiger partial charge >= 0.3 is 0 Å². The Labute approximate surface area is 102 Å². The molecule has 0 unspecified atom stereocenters. The van der Waals surface area contributed by atoms with Gasteiger partial charge in [-0.1, -0.05) is 6.07 Å². The normalized spacial score (nSPS) is 19.2. The molecular formula is C14H20FNO. The number of rotatable bonds is 3. The number of benzene rings is 1. The summed E-state index contributed by atoms with van der Waals surface area (Å²) in [6.45, 7) is 4.07. The molecule has 0 atom stereocenters. The average molecular weight is 237 g/mol. The van der Waals surface area contributed by atoms with Gasteiger partial charge in [0.1, 0.15) is 5.82 Å². The number of hydrogen-bond donors (Lipinski definition) is 2. The van der Waals surface area contributed by atoms with E-state index in [4.69, 9.17) is 0 Å². The van der Waals surface area contributed by atoms with Crippen molar-refractivity contribution in [2.45, 2.75) is 26.2 Å². The fraction of sp³-hybridized carbons (Fsp3) is 0.571. The molecular weight excluding hydrogens is 217 g/mol. The van der Waals surface area contributed by atoms with E-state index in [2.05, 4.69) is 5.32 Å². The van der Waals surface area contributed by atoms with Gasteiger partial charge in [0.15, 0.2) is 0 Å². The molecule has 3 heteroatoms. The first-order valence-corrected chi connectivity index (χ1v) is 6.22. The Kier molecular flexibility index (Phi) is 3.79. The minimum atomic E-state index is -0.186. The average Bonchev–Trinajstić information content (AvgIpc) is 2.34. The lowest BCUT2D eigenvalue weighted by molar-refractivity contribution is 0.0891. The summed E-state index contributed by atoms with van der Waals surface area (Å²) in [7, 11) is 0. The Hall–Kier alpha value is -0.930. The van der Waals surface area contributed by atoms with Crippen LogP contribution in [-0.4, -0.2) is 24.8 Å². The molecule has 1 aliphatic heterocycles. The molecule has 94 valence electrons. The highest BCUT2D eigenvalue weighted by atomic mass is 19.1. The predicted molar refractivity (Wildman–Crippen MR) is 66.5 cm³/mol. The molecule has 0 aromatic heterocycles. The third-order valence-electron chi connectivity index (χ3n) is 3.87. The van der Waals surface area contributed by atoms with Crippen LogP contribution in [-0.2, 0) is 6.42 Å². The Morgan fingerprint density at radius 2 is 2.06 bits per heavy atom. The van der Waals surface area contributed by atoms with Gasteiger partial charge in [0.25, 0.3) is 0 Å². The van der Waals surface area contributed by atoms with Gasteiger partial charge in [-0.15, -0.1) is 0 Å². The fourth-order valence-electron chi connectivity index (χ4n) is 2.61. The smallest absolute Gasteiger partial charge is 0.123 e. The molecule has 0 radical (unpaired) electrons. The molecule has 2 nitrogen and oxygen atoms in total. The number of halogens is 1. The number of nitrogens with one attached hydrogen (secondary N) is 1. The van der Waals surface area contributed by atoms with Crippen LogP contribution in [0, 0.1) is 18.2 Å². The number of aliphatic hydroxyl groups is 1. The van der Waals surface area contributed by atoms with E-state index in [-0.39, 0.29) is 17.8 Å². The first-order valence-electron chi connectivity index (χ1n) is 6.22. The molecule has 0 bridgehead atoms. The molecule has 1 aromatic rings. The van der Waals surface area contributed by atoms with E-state index in [1.807, 2.05) is 13.0 Å². The van der Waals surface area contributed by atoms with E-state index in [0.29, 0.717) is 0 Å². The molecule has 0 aliphatic carbocycles. The zero-order chi connectivity index (χ0) is 12.3. The Morgan fingerprint density at radius 1 is 1.35 bits per heavy atom. The van der Waals surface area contributed by atoms with Crippen LogP contribution in [0.1, 0.15) is 24.0 Å². The Bertz CT molecular complexity index is 386. The van der Waals surface area contributed by atoms with Crippen molar-refractivity contribution in [2.75, 3.05) is 19.7 Å². The second-order valence-electron chi connectivity index (χ2n) is 5.16.